The smallest absolute Gasteiger partial charge is 0.325 e. The molecule has 0 saturated carbocycles. The number of carbonyl (C=O) groups excluding carboxylic acids is 2. The van der Waals surface area contributed by atoms with Crippen molar-refractivity contribution in [3.8, 4) is 0 Å². The molecule has 3 atom stereocenters. The van der Waals surface area contributed by atoms with Gasteiger partial charge >= 0.3 is 5.97 Å². The Labute approximate surface area is 141 Å². The van der Waals surface area contributed by atoms with E-state index in [9.17, 15) is 14.4 Å². The number of amides is 2. The Morgan fingerprint density at radius 3 is 2.22 bits per heavy atom. The minimum absolute atomic E-state index is 0.384. The van der Waals surface area contributed by atoms with Gasteiger partial charge in [0.05, 0.1) is 11.0 Å². The zero-order chi connectivity index (χ0) is 18.0. The molecule has 0 unspecified atom stereocenters. The SMILES string of the molecule is CC(=S)NCCCC[C@H](NC(=O)[C@H](C)N)C(=O)N[C@@H](C)C(=O)O. The van der Waals surface area contributed by atoms with Crippen LogP contribution in [0.15, 0.2) is 0 Å². The van der Waals surface area contributed by atoms with Gasteiger partial charge < -0.3 is 26.8 Å². The van der Waals surface area contributed by atoms with E-state index in [4.69, 9.17) is 23.1 Å². The minimum atomic E-state index is -1.14. The van der Waals surface area contributed by atoms with Gasteiger partial charge in [0, 0.05) is 6.54 Å². The number of rotatable bonds is 10. The number of nitrogens with one attached hydrogen (secondary N) is 3. The van der Waals surface area contributed by atoms with Gasteiger partial charge in [0.25, 0.3) is 0 Å². The molecule has 0 aromatic heterocycles. The first-order chi connectivity index (χ1) is 10.6. The number of carboxylic acids is 1. The number of aliphatic carboxylic acids is 1. The van der Waals surface area contributed by atoms with Crippen LogP contribution >= 0.6 is 12.2 Å². The molecule has 9 heteroatoms. The van der Waals surface area contributed by atoms with Gasteiger partial charge in [0.2, 0.25) is 11.8 Å². The Bertz CT molecular complexity index is 442. The topological polar surface area (TPSA) is 134 Å². The predicted octanol–water partition coefficient (Wildman–Crippen LogP) is -0.485. The number of hydrogen-bond acceptors (Lipinski definition) is 5. The Morgan fingerprint density at radius 2 is 1.74 bits per heavy atom. The van der Waals surface area contributed by atoms with Crippen LogP contribution in [-0.2, 0) is 14.4 Å². The molecule has 0 bridgehead atoms. The molecule has 0 radical (unpaired) electrons. The van der Waals surface area contributed by atoms with E-state index >= 15 is 0 Å². The molecule has 0 fully saturated rings. The average Bonchev–Trinajstić information content (AvgIpc) is 2.44. The number of unbranched alkanes of at least 4 members (excludes halogenated alkanes) is 1. The first-order valence-electron chi connectivity index (χ1n) is 7.48. The molecular formula is C14H26N4O4S. The van der Waals surface area contributed by atoms with E-state index in [1.165, 1.54) is 13.8 Å². The maximum atomic E-state index is 12.1. The van der Waals surface area contributed by atoms with Crippen molar-refractivity contribution in [3.63, 3.8) is 0 Å². The van der Waals surface area contributed by atoms with Gasteiger partial charge in [-0.3, -0.25) is 14.4 Å². The third kappa shape index (κ3) is 9.80. The minimum Gasteiger partial charge on any atom is -0.480 e. The van der Waals surface area contributed by atoms with Crippen LogP contribution in [0.3, 0.4) is 0 Å². The maximum absolute atomic E-state index is 12.1. The van der Waals surface area contributed by atoms with Crippen molar-refractivity contribution in [1.82, 2.24) is 16.0 Å². The first kappa shape index (κ1) is 21.3. The Kier molecular flexibility index (Phi) is 10.1. The molecule has 0 aliphatic rings. The van der Waals surface area contributed by atoms with E-state index < -0.39 is 35.9 Å². The summed E-state index contributed by atoms with van der Waals surface area (Å²) in [6.45, 7) is 5.32. The molecule has 8 nitrogen and oxygen atoms in total. The summed E-state index contributed by atoms with van der Waals surface area (Å²) in [5.74, 6) is -2.13. The summed E-state index contributed by atoms with van der Waals surface area (Å²) in [7, 11) is 0. The Morgan fingerprint density at radius 1 is 1.13 bits per heavy atom. The van der Waals surface area contributed by atoms with Gasteiger partial charge in [0.15, 0.2) is 0 Å². The highest BCUT2D eigenvalue weighted by Gasteiger charge is 2.24. The van der Waals surface area contributed by atoms with E-state index in [2.05, 4.69) is 16.0 Å². The number of carboxylic acid groups (broad SMARTS) is 1. The van der Waals surface area contributed by atoms with Gasteiger partial charge in [-0.05, 0) is 40.0 Å². The average molecular weight is 346 g/mol. The lowest BCUT2D eigenvalue weighted by molar-refractivity contribution is -0.141. The van der Waals surface area contributed by atoms with Crippen LogP contribution < -0.4 is 21.7 Å². The third-order valence-electron chi connectivity index (χ3n) is 3.07. The van der Waals surface area contributed by atoms with Crippen LogP contribution in [0.25, 0.3) is 0 Å². The van der Waals surface area contributed by atoms with Crippen LogP contribution in [0, 0.1) is 0 Å². The van der Waals surface area contributed by atoms with E-state index in [1.807, 2.05) is 0 Å². The Hall–Kier alpha value is -1.74. The predicted molar refractivity (Wildman–Crippen MR) is 90.9 cm³/mol. The third-order valence-corrected chi connectivity index (χ3v) is 3.21. The van der Waals surface area contributed by atoms with Crippen molar-refractivity contribution in [1.29, 1.82) is 0 Å². The van der Waals surface area contributed by atoms with Gasteiger partial charge in [0.1, 0.15) is 12.1 Å². The number of hydrogen-bond donors (Lipinski definition) is 5. The van der Waals surface area contributed by atoms with E-state index in [1.54, 1.807) is 6.92 Å². The molecule has 0 aliphatic carbocycles. The fraction of sp³-hybridized carbons (Fsp3) is 0.714. The maximum Gasteiger partial charge on any atom is 0.325 e. The van der Waals surface area contributed by atoms with E-state index in [0.717, 1.165) is 6.42 Å². The molecule has 0 rings (SSSR count). The molecule has 0 heterocycles. The van der Waals surface area contributed by atoms with E-state index in [0.29, 0.717) is 24.4 Å². The number of nitrogens with two attached hydrogens (primary N) is 1. The monoisotopic (exact) mass is 346 g/mol. The summed E-state index contributed by atoms with van der Waals surface area (Å²) < 4.78 is 0. The molecule has 2 amide bonds. The second-order valence-corrected chi connectivity index (χ2v) is 6.01. The molecule has 0 aromatic rings. The zero-order valence-electron chi connectivity index (χ0n) is 13.7. The van der Waals surface area contributed by atoms with Crippen LogP contribution in [0.1, 0.15) is 40.0 Å². The van der Waals surface area contributed by atoms with Crippen molar-refractivity contribution in [3.05, 3.63) is 0 Å². The summed E-state index contributed by atoms with van der Waals surface area (Å²) in [6.07, 6.45) is 1.81. The summed E-state index contributed by atoms with van der Waals surface area (Å²) in [5, 5.41) is 16.7. The lowest BCUT2D eigenvalue weighted by atomic mass is 10.1. The fourth-order valence-electron chi connectivity index (χ4n) is 1.69. The van der Waals surface area contributed by atoms with Gasteiger partial charge in [-0.25, -0.2) is 0 Å². The molecular weight excluding hydrogens is 320 g/mol. The molecule has 0 aromatic carbocycles. The summed E-state index contributed by atoms with van der Waals surface area (Å²) in [6, 6.07) is -2.60. The molecule has 23 heavy (non-hydrogen) atoms. The summed E-state index contributed by atoms with van der Waals surface area (Å²) in [5.41, 5.74) is 5.48. The van der Waals surface area contributed by atoms with Crippen LogP contribution in [0.4, 0.5) is 0 Å². The lowest BCUT2D eigenvalue weighted by Crippen LogP contribution is -2.53. The van der Waals surface area contributed by atoms with Gasteiger partial charge in [-0.2, -0.15) is 0 Å². The van der Waals surface area contributed by atoms with E-state index in [-0.39, 0.29) is 0 Å². The van der Waals surface area contributed by atoms with Crippen molar-refractivity contribution < 1.29 is 19.5 Å². The van der Waals surface area contributed by atoms with Crippen LogP contribution in [-0.4, -0.2) is 52.5 Å². The first-order valence-corrected chi connectivity index (χ1v) is 7.89. The highest BCUT2D eigenvalue weighted by Crippen LogP contribution is 2.02. The highest BCUT2D eigenvalue weighted by molar-refractivity contribution is 7.80. The standard InChI is InChI=1S/C14H26N4O4S/c1-8(15)12(19)18-11(6-4-5-7-16-10(3)23)13(20)17-9(2)14(21)22/h8-9,11H,4-7,15H2,1-3H3,(H,16,23)(H,17,20)(H,18,19)(H,21,22)/t8-,9-,11-/m0/s1. The quantitative estimate of drug-likeness (QED) is 0.266. The number of carbonyl (C=O) groups is 3. The van der Waals surface area contributed by atoms with Crippen molar-refractivity contribution in [2.75, 3.05) is 6.54 Å². The summed E-state index contributed by atoms with van der Waals surface area (Å²) in [4.78, 5) is 35.3. The number of thiocarbonyl (C=S) groups is 1. The fourth-order valence-corrected chi connectivity index (χ4v) is 1.79. The molecule has 0 spiro atoms. The Balaban J connectivity index is 4.55. The highest BCUT2D eigenvalue weighted by atomic mass is 32.1. The van der Waals surface area contributed by atoms with Crippen molar-refractivity contribution in [2.24, 2.45) is 5.73 Å². The second-order valence-electron chi connectivity index (χ2n) is 5.40. The van der Waals surface area contributed by atoms with Gasteiger partial charge in [-0.15, -0.1) is 0 Å². The van der Waals surface area contributed by atoms with Gasteiger partial charge in [-0.1, -0.05) is 12.2 Å². The largest absolute Gasteiger partial charge is 0.480 e. The van der Waals surface area contributed by atoms with Crippen LogP contribution in [0.2, 0.25) is 0 Å². The normalized spacial score (nSPS) is 14.3. The van der Waals surface area contributed by atoms with Crippen molar-refractivity contribution in [2.45, 2.75) is 58.2 Å². The zero-order valence-corrected chi connectivity index (χ0v) is 14.5. The molecule has 6 N–H and O–H groups in total. The molecule has 0 aliphatic heterocycles. The molecule has 0 saturated heterocycles. The molecule has 132 valence electrons. The van der Waals surface area contributed by atoms with Crippen molar-refractivity contribution >= 4 is 35.0 Å². The van der Waals surface area contributed by atoms with Crippen LogP contribution in [0.5, 0.6) is 0 Å². The second kappa shape index (κ2) is 10.9. The lowest BCUT2D eigenvalue weighted by Gasteiger charge is -2.21. The summed E-state index contributed by atoms with van der Waals surface area (Å²) >= 11 is 4.89.